The number of hydrogen-bond donors (Lipinski definition) is 1. The van der Waals surface area contributed by atoms with Crippen LogP contribution < -0.4 is 0 Å². The lowest BCUT2D eigenvalue weighted by Gasteiger charge is -2.29. The predicted molar refractivity (Wildman–Crippen MR) is 101 cm³/mol. The van der Waals surface area contributed by atoms with Crippen molar-refractivity contribution in [1.82, 2.24) is 0 Å². The van der Waals surface area contributed by atoms with E-state index in [9.17, 15) is 14.7 Å². The highest BCUT2D eigenvalue weighted by molar-refractivity contribution is 5.73. The van der Waals surface area contributed by atoms with E-state index in [1.54, 1.807) is 0 Å². The van der Waals surface area contributed by atoms with Crippen LogP contribution in [0.15, 0.2) is 0 Å². The normalized spacial score (nSPS) is 40.2. The molecule has 4 aliphatic rings. The third-order valence-electron chi connectivity index (χ3n) is 7.21. The lowest BCUT2D eigenvalue weighted by atomic mass is 9.82. The van der Waals surface area contributed by atoms with Crippen LogP contribution in [-0.4, -0.2) is 48.6 Å². The van der Waals surface area contributed by atoms with Crippen LogP contribution in [0.5, 0.6) is 0 Å². The average molecular weight is 395 g/mol. The third-order valence-corrected chi connectivity index (χ3v) is 7.21. The molecule has 158 valence electrons. The van der Waals surface area contributed by atoms with Crippen molar-refractivity contribution in [3.63, 3.8) is 0 Å². The first-order valence-electron chi connectivity index (χ1n) is 11.2. The minimum Gasteiger partial charge on any atom is -0.465 e. The quantitative estimate of drug-likeness (QED) is 0.551. The van der Waals surface area contributed by atoms with Gasteiger partial charge in [-0.15, -0.1) is 0 Å². The van der Waals surface area contributed by atoms with Crippen molar-refractivity contribution in [2.75, 3.05) is 13.2 Å². The van der Waals surface area contributed by atoms with E-state index in [4.69, 9.17) is 14.2 Å². The summed E-state index contributed by atoms with van der Waals surface area (Å²) in [5.41, 5.74) is 0. The molecule has 0 amide bonds. The minimum absolute atomic E-state index is 0.0257. The molecule has 6 nitrogen and oxygen atoms in total. The Balaban J connectivity index is 1.09. The zero-order valence-electron chi connectivity index (χ0n) is 16.7. The van der Waals surface area contributed by atoms with Gasteiger partial charge in [0, 0.05) is 0 Å². The molecule has 1 N–H and O–H groups in total. The van der Waals surface area contributed by atoms with Crippen molar-refractivity contribution in [3.05, 3.63) is 0 Å². The molecule has 5 atom stereocenters. The van der Waals surface area contributed by atoms with Crippen LogP contribution in [0.4, 0.5) is 0 Å². The first-order chi connectivity index (χ1) is 13.6. The SMILES string of the molecule is O=C(OCC1CCC(COC(=O)C2CCC3OC3C2)CC1)C1CCCC(O)C1. The van der Waals surface area contributed by atoms with Gasteiger partial charge in [0.25, 0.3) is 0 Å². The Hall–Kier alpha value is -1.14. The molecule has 28 heavy (non-hydrogen) atoms. The molecule has 1 heterocycles. The fourth-order valence-electron chi connectivity index (χ4n) is 5.20. The number of aliphatic hydroxyl groups is 1. The Kier molecular flexibility index (Phi) is 6.56. The van der Waals surface area contributed by atoms with Crippen LogP contribution in [0, 0.1) is 23.7 Å². The molecule has 5 unspecified atom stereocenters. The van der Waals surface area contributed by atoms with Crippen molar-refractivity contribution in [2.24, 2.45) is 23.7 Å². The van der Waals surface area contributed by atoms with E-state index in [1.165, 1.54) is 0 Å². The number of aliphatic hydroxyl groups excluding tert-OH is 1. The molecule has 3 aliphatic carbocycles. The summed E-state index contributed by atoms with van der Waals surface area (Å²) in [5.74, 6) is 0.557. The summed E-state index contributed by atoms with van der Waals surface area (Å²) in [6.07, 6.45) is 10.3. The number of carbonyl (C=O) groups excluding carboxylic acids is 2. The lowest BCUT2D eigenvalue weighted by Crippen LogP contribution is -2.30. The van der Waals surface area contributed by atoms with Crippen molar-refractivity contribution in [3.8, 4) is 0 Å². The van der Waals surface area contributed by atoms with Gasteiger partial charge in [-0.05, 0) is 76.0 Å². The number of esters is 2. The second-order valence-electron chi connectivity index (χ2n) is 9.39. The highest BCUT2D eigenvalue weighted by atomic mass is 16.6. The Morgan fingerprint density at radius 3 is 1.93 bits per heavy atom. The van der Waals surface area contributed by atoms with Gasteiger partial charge in [-0.25, -0.2) is 0 Å². The molecule has 0 aromatic rings. The number of ether oxygens (including phenoxy) is 3. The highest BCUT2D eigenvalue weighted by Crippen LogP contribution is 2.40. The fraction of sp³-hybridized carbons (Fsp3) is 0.909. The van der Waals surface area contributed by atoms with Gasteiger partial charge in [0.1, 0.15) is 0 Å². The van der Waals surface area contributed by atoms with Crippen LogP contribution in [0.1, 0.15) is 70.6 Å². The van der Waals surface area contributed by atoms with Crippen molar-refractivity contribution in [2.45, 2.75) is 88.9 Å². The Morgan fingerprint density at radius 1 is 0.750 bits per heavy atom. The molecule has 1 aliphatic heterocycles. The monoisotopic (exact) mass is 394 g/mol. The second-order valence-corrected chi connectivity index (χ2v) is 9.39. The van der Waals surface area contributed by atoms with E-state index < -0.39 is 0 Å². The number of epoxide rings is 1. The van der Waals surface area contributed by atoms with Gasteiger partial charge in [0.2, 0.25) is 0 Å². The summed E-state index contributed by atoms with van der Waals surface area (Å²) in [7, 11) is 0. The van der Waals surface area contributed by atoms with Gasteiger partial charge in [0.15, 0.2) is 0 Å². The summed E-state index contributed by atoms with van der Waals surface area (Å²) >= 11 is 0. The van der Waals surface area contributed by atoms with Crippen LogP contribution in [0.25, 0.3) is 0 Å². The van der Waals surface area contributed by atoms with Crippen molar-refractivity contribution < 1.29 is 28.9 Å². The van der Waals surface area contributed by atoms with Crippen molar-refractivity contribution in [1.29, 1.82) is 0 Å². The molecule has 0 bridgehead atoms. The molecular weight excluding hydrogens is 360 g/mol. The van der Waals surface area contributed by atoms with Gasteiger partial charge in [-0.2, -0.15) is 0 Å². The van der Waals surface area contributed by atoms with Gasteiger partial charge in [-0.3, -0.25) is 9.59 Å². The summed E-state index contributed by atoms with van der Waals surface area (Å²) in [4.78, 5) is 24.5. The smallest absolute Gasteiger partial charge is 0.309 e. The molecule has 0 spiro atoms. The van der Waals surface area contributed by atoms with E-state index in [1.807, 2.05) is 0 Å². The van der Waals surface area contributed by atoms with Gasteiger partial charge >= 0.3 is 11.9 Å². The molecular formula is C22H34O6. The minimum atomic E-state index is -0.351. The molecule has 6 heteroatoms. The van der Waals surface area contributed by atoms with E-state index >= 15 is 0 Å². The summed E-state index contributed by atoms with van der Waals surface area (Å²) in [6, 6.07) is 0. The first-order valence-corrected chi connectivity index (χ1v) is 11.2. The van der Waals surface area contributed by atoms with Gasteiger partial charge in [-0.1, -0.05) is 6.42 Å². The maximum Gasteiger partial charge on any atom is 0.309 e. The van der Waals surface area contributed by atoms with E-state index in [0.717, 1.165) is 64.2 Å². The van der Waals surface area contributed by atoms with Crippen LogP contribution in [-0.2, 0) is 23.8 Å². The van der Waals surface area contributed by atoms with Crippen molar-refractivity contribution >= 4 is 11.9 Å². The summed E-state index contributed by atoms with van der Waals surface area (Å²) in [6.45, 7) is 1.01. The van der Waals surface area contributed by atoms with Crippen LogP contribution in [0.3, 0.4) is 0 Å². The number of hydrogen-bond acceptors (Lipinski definition) is 6. The molecule has 0 radical (unpaired) electrons. The zero-order chi connectivity index (χ0) is 19.5. The molecule has 1 saturated heterocycles. The summed E-state index contributed by atoms with van der Waals surface area (Å²) < 4.78 is 16.6. The molecule has 3 saturated carbocycles. The predicted octanol–water partition coefficient (Wildman–Crippen LogP) is 3.00. The first kappa shape index (κ1) is 20.1. The largest absolute Gasteiger partial charge is 0.465 e. The molecule has 4 rings (SSSR count). The second kappa shape index (κ2) is 9.12. The maximum atomic E-state index is 12.3. The third kappa shape index (κ3) is 5.26. The zero-order valence-corrected chi connectivity index (χ0v) is 16.7. The standard InChI is InChI=1S/C22H34O6/c23-18-3-1-2-16(10-18)21(24)26-12-14-4-6-15(7-5-14)13-27-22(25)17-8-9-19-20(11-17)28-19/h14-20,23H,1-13H2. The van der Waals surface area contributed by atoms with E-state index in [2.05, 4.69) is 0 Å². The Morgan fingerprint density at radius 2 is 1.36 bits per heavy atom. The molecule has 4 fully saturated rings. The molecule has 0 aromatic carbocycles. The van der Waals surface area contributed by atoms with Crippen LogP contribution in [0.2, 0.25) is 0 Å². The highest BCUT2D eigenvalue weighted by Gasteiger charge is 2.46. The Bertz CT molecular complexity index is 525. The van der Waals surface area contributed by atoms with Crippen LogP contribution >= 0.6 is 0 Å². The molecule has 0 aromatic heterocycles. The summed E-state index contributed by atoms with van der Waals surface area (Å²) in [5, 5.41) is 9.71. The van der Waals surface area contributed by atoms with Gasteiger partial charge < -0.3 is 19.3 Å². The number of carbonyl (C=O) groups is 2. The fourth-order valence-corrected chi connectivity index (χ4v) is 5.20. The lowest BCUT2D eigenvalue weighted by molar-refractivity contribution is -0.154. The van der Waals surface area contributed by atoms with E-state index in [-0.39, 0.29) is 29.9 Å². The Labute approximate surface area is 167 Å². The number of fused-ring (bicyclic) bond motifs is 1. The van der Waals surface area contributed by atoms with E-state index in [0.29, 0.717) is 43.7 Å². The topological polar surface area (TPSA) is 85.4 Å². The maximum absolute atomic E-state index is 12.3. The number of rotatable bonds is 6. The average Bonchev–Trinajstić information content (AvgIpc) is 3.50. The van der Waals surface area contributed by atoms with Gasteiger partial charge in [0.05, 0.1) is 43.4 Å².